The summed E-state index contributed by atoms with van der Waals surface area (Å²) in [5, 5.41) is 11.4. The van der Waals surface area contributed by atoms with Gasteiger partial charge < -0.3 is 14.5 Å². The van der Waals surface area contributed by atoms with Crippen molar-refractivity contribution < 1.29 is 9.90 Å². The van der Waals surface area contributed by atoms with Crippen molar-refractivity contribution in [3.05, 3.63) is 60.2 Å². The second kappa shape index (κ2) is 6.01. The molecule has 0 aliphatic heterocycles. The van der Waals surface area contributed by atoms with E-state index in [4.69, 9.17) is 0 Å². The summed E-state index contributed by atoms with van der Waals surface area (Å²) in [6.45, 7) is 0.663. The third kappa shape index (κ3) is 3.08. The van der Waals surface area contributed by atoms with Crippen molar-refractivity contribution >= 4 is 28.8 Å². The maximum absolute atomic E-state index is 10.7. The van der Waals surface area contributed by atoms with Crippen LogP contribution in [0, 0.1) is 0 Å². The van der Waals surface area contributed by atoms with Crippen molar-refractivity contribution in [2.45, 2.75) is 11.7 Å². The minimum Gasteiger partial charge on any atom is -0.549 e. The molecule has 1 aromatic heterocycles. The summed E-state index contributed by atoms with van der Waals surface area (Å²) in [5.74, 6) is -1.18. The van der Waals surface area contributed by atoms with Gasteiger partial charge in [0.15, 0.2) is 5.16 Å². The second-order valence-electron chi connectivity index (χ2n) is 4.62. The number of nitrogens with zero attached hydrogens (tertiary/aromatic N) is 2. The molecule has 2 aromatic carbocycles. The molecule has 0 fully saturated rings. The lowest BCUT2D eigenvalue weighted by Gasteiger charge is -2.09. The molecule has 21 heavy (non-hydrogen) atoms. The van der Waals surface area contributed by atoms with Crippen molar-refractivity contribution in [1.82, 2.24) is 9.55 Å². The molecule has 3 rings (SSSR count). The van der Waals surface area contributed by atoms with Gasteiger partial charge in [-0.05, 0) is 17.7 Å². The number of carboxylic acid groups (broad SMARTS) is 1. The largest absolute Gasteiger partial charge is 0.549 e. The quantitative estimate of drug-likeness (QED) is 0.675. The molecular weight excluding hydrogens is 284 g/mol. The fourth-order valence-corrected chi connectivity index (χ4v) is 2.93. The van der Waals surface area contributed by atoms with Crippen LogP contribution in [0.15, 0.2) is 59.8 Å². The number of aromatic nitrogens is 2. The van der Waals surface area contributed by atoms with Gasteiger partial charge in [-0.2, -0.15) is 0 Å². The number of hydrogen-bond donors (Lipinski definition) is 0. The lowest BCUT2D eigenvalue weighted by atomic mass is 10.2. The van der Waals surface area contributed by atoms with Crippen molar-refractivity contribution in [3.63, 3.8) is 0 Å². The zero-order valence-electron chi connectivity index (χ0n) is 11.2. The first kappa shape index (κ1) is 13.7. The van der Waals surface area contributed by atoms with Gasteiger partial charge in [-0.15, -0.1) is 0 Å². The minimum absolute atomic E-state index is 0.0991. The Morgan fingerprint density at radius 3 is 2.57 bits per heavy atom. The zero-order chi connectivity index (χ0) is 14.7. The summed E-state index contributed by atoms with van der Waals surface area (Å²) < 4.78 is 2.04. The number of fused-ring (bicyclic) bond motifs is 1. The van der Waals surface area contributed by atoms with Gasteiger partial charge in [0.25, 0.3) is 0 Å². The standard InChI is InChI=1S/C16H14N2O2S/c19-15(20)11-21-16-17-13-8-4-5-9-14(13)18(16)10-12-6-2-1-3-7-12/h1-9H,10-11H2,(H,19,20)/p-1. The maximum Gasteiger partial charge on any atom is 0.169 e. The van der Waals surface area contributed by atoms with Crippen LogP contribution in [-0.2, 0) is 11.3 Å². The number of carbonyl (C=O) groups excluding carboxylic acids is 1. The first-order valence-electron chi connectivity index (χ1n) is 6.56. The molecule has 0 spiro atoms. The van der Waals surface area contributed by atoms with E-state index in [1.165, 1.54) is 11.8 Å². The van der Waals surface area contributed by atoms with Gasteiger partial charge in [0.1, 0.15) is 0 Å². The number of rotatable bonds is 5. The summed E-state index contributed by atoms with van der Waals surface area (Å²) in [4.78, 5) is 15.2. The lowest BCUT2D eigenvalue weighted by molar-refractivity contribution is -0.301. The third-order valence-electron chi connectivity index (χ3n) is 3.12. The number of para-hydroxylation sites is 2. The molecule has 3 aromatic rings. The van der Waals surface area contributed by atoms with Crippen LogP contribution >= 0.6 is 11.8 Å². The first-order chi connectivity index (χ1) is 10.2. The Morgan fingerprint density at radius 2 is 1.81 bits per heavy atom. The molecule has 0 saturated carbocycles. The van der Waals surface area contributed by atoms with Crippen LogP contribution in [-0.4, -0.2) is 21.3 Å². The maximum atomic E-state index is 10.7. The molecular formula is C16H13N2O2S-. The van der Waals surface area contributed by atoms with Crippen LogP contribution < -0.4 is 5.11 Å². The molecule has 5 heteroatoms. The zero-order valence-corrected chi connectivity index (χ0v) is 12.0. The highest BCUT2D eigenvalue weighted by Gasteiger charge is 2.11. The molecule has 0 aliphatic carbocycles. The Kier molecular flexibility index (Phi) is 3.92. The highest BCUT2D eigenvalue weighted by atomic mass is 32.2. The van der Waals surface area contributed by atoms with Crippen LogP contribution in [0.3, 0.4) is 0 Å². The van der Waals surface area contributed by atoms with E-state index in [0.717, 1.165) is 16.6 Å². The average Bonchev–Trinajstić information content (AvgIpc) is 2.84. The minimum atomic E-state index is -1.08. The molecule has 0 N–H and O–H groups in total. The Morgan fingerprint density at radius 1 is 1.10 bits per heavy atom. The first-order valence-corrected chi connectivity index (χ1v) is 7.54. The Labute approximate surface area is 126 Å². The van der Waals surface area contributed by atoms with Crippen LogP contribution in [0.5, 0.6) is 0 Å². The summed E-state index contributed by atoms with van der Waals surface area (Å²) in [6, 6.07) is 17.8. The normalized spacial score (nSPS) is 10.9. The molecule has 0 unspecified atom stereocenters. The predicted molar refractivity (Wildman–Crippen MR) is 81.0 cm³/mol. The summed E-state index contributed by atoms with van der Waals surface area (Å²) >= 11 is 1.19. The fraction of sp³-hybridized carbons (Fsp3) is 0.125. The molecule has 0 amide bonds. The van der Waals surface area contributed by atoms with Gasteiger partial charge in [0.2, 0.25) is 0 Å². The number of carboxylic acids is 1. The molecule has 0 bridgehead atoms. The number of imidazole rings is 1. The van der Waals surface area contributed by atoms with Crippen LogP contribution in [0.25, 0.3) is 11.0 Å². The summed E-state index contributed by atoms with van der Waals surface area (Å²) in [7, 11) is 0. The lowest BCUT2D eigenvalue weighted by Crippen LogP contribution is -2.24. The number of hydrogen-bond acceptors (Lipinski definition) is 4. The number of aliphatic carboxylic acids is 1. The molecule has 1 heterocycles. The SMILES string of the molecule is O=C([O-])CSc1nc2ccccc2n1Cc1ccccc1. The van der Waals surface area contributed by atoms with E-state index in [-0.39, 0.29) is 5.75 Å². The van der Waals surface area contributed by atoms with Crippen LogP contribution in [0.2, 0.25) is 0 Å². The van der Waals surface area contributed by atoms with Gasteiger partial charge >= 0.3 is 0 Å². The monoisotopic (exact) mass is 297 g/mol. The number of thioether (sulfide) groups is 1. The Hall–Kier alpha value is -2.27. The fourth-order valence-electron chi connectivity index (χ4n) is 2.21. The van der Waals surface area contributed by atoms with Gasteiger partial charge in [0, 0.05) is 5.75 Å². The van der Waals surface area contributed by atoms with Crippen molar-refractivity contribution in [1.29, 1.82) is 0 Å². The van der Waals surface area contributed by atoms with Gasteiger partial charge in [-0.25, -0.2) is 4.98 Å². The highest BCUT2D eigenvalue weighted by Crippen LogP contribution is 2.24. The van der Waals surface area contributed by atoms with E-state index in [9.17, 15) is 9.90 Å². The van der Waals surface area contributed by atoms with Gasteiger partial charge in [0.05, 0.1) is 23.5 Å². The predicted octanol–water partition coefficient (Wildman–Crippen LogP) is 1.93. The van der Waals surface area contributed by atoms with E-state index in [1.807, 2.05) is 59.2 Å². The third-order valence-corrected chi connectivity index (χ3v) is 4.07. The summed E-state index contributed by atoms with van der Waals surface area (Å²) in [6.07, 6.45) is 0. The topological polar surface area (TPSA) is 57.9 Å². The Bertz CT molecular complexity index is 768. The molecule has 0 atom stereocenters. The van der Waals surface area contributed by atoms with Crippen molar-refractivity contribution in [3.8, 4) is 0 Å². The molecule has 0 aliphatic rings. The number of benzene rings is 2. The Balaban J connectivity index is 2.00. The van der Waals surface area contributed by atoms with E-state index in [0.29, 0.717) is 11.7 Å². The average molecular weight is 297 g/mol. The van der Waals surface area contributed by atoms with Crippen molar-refractivity contribution in [2.24, 2.45) is 0 Å². The van der Waals surface area contributed by atoms with E-state index in [1.54, 1.807) is 0 Å². The van der Waals surface area contributed by atoms with E-state index < -0.39 is 5.97 Å². The van der Waals surface area contributed by atoms with Gasteiger partial charge in [-0.3, -0.25) is 0 Å². The second-order valence-corrected chi connectivity index (χ2v) is 5.56. The molecule has 0 radical (unpaired) electrons. The molecule has 106 valence electrons. The van der Waals surface area contributed by atoms with Gasteiger partial charge in [-0.1, -0.05) is 54.2 Å². The number of carbonyl (C=O) groups is 1. The smallest absolute Gasteiger partial charge is 0.169 e. The highest BCUT2D eigenvalue weighted by molar-refractivity contribution is 7.99. The summed E-state index contributed by atoms with van der Waals surface area (Å²) in [5.41, 5.74) is 3.02. The van der Waals surface area contributed by atoms with E-state index >= 15 is 0 Å². The molecule has 4 nitrogen and oxygen atoms in total. The van der Waals surface area contributed by atoms with Crippen molar-refractivity contribution in [2.75, 3.05) is 5.75 Å². The van der Waals surface area contributed by atoms with E-state index in [2.05, 4.69) is 4.98 Å². The van der Waals surface area contributed by atoms with Crippen LogP contribution in [0.1, 0.15) is 5.56 Å². The van der Waals surface area contributed by atoms with Crippen LogP contribution in [0.4, 0.5) is 0 Å². The molecule has 0 saturated heterocycles.